The minimum absolute atomic E-state index is 0.0204. The summed E-state index contributed by atoms with van der Waals surface area (Å²) in [5, 5.41) is 125. The highest BCUT2D eigenvalue weighted by atomic mass is 16.7. The van der Waals surface area contributed by atoms with Crippen molar-refractivity contribution in [2.75, 3.05) is 106 Å². The zero-order valence-electron chi connectivity index (χ0n) is 58.7. The van der Waals surface area contributed by atoms with E-state index in [4.69, 9.17) is 47.4 Å². The Bertz CT molecular complexity index is 2500. The zero-order chi connectivity index (χ0) is 75.1. The van der Waals surface area contributed by atoms with Crippen LogP contribution in [-0.2, 0) is 90.5 Å². The molecule has 17 unspecified atom stereocenters. The molecule has 0 aromatic carbocycles. The van der Waals surface area contributed by atoms with E-state index >= 15 is 0 Å². The monoisotopic (exact) mass is 1470 g/mol. The summed E-state index contributed by atoms with van der Waals surface area (Å²) < 4.78 is 55.8. The van der Waals surface area contributed by atoms with E-state index < -0.39 is 184 Å². The van der Waals surface area contributed by atoms with Gasteiger partial charge in [-0.2, -0.15) is 0 Å². The average molecular weight is 1470 g/mol. The van der Waals surface area contributed by atoms with Crippen LogP contribution in [0, 0.1) is 0 Å². The van der Waals surface area contributed by atoms with E-state index in [1.165, 1.54) is 20.8 Å². The Morgan fingerprint density at radius 1 is 0.402 bits per heavy atom. The number of carbonyl (C=O) groups excluding carboxylic acids is 9. The molecule has 1 saturated carbocycles. The van der Waals surface area contributed by atoms with Crippen molar-refractivity contribution < 1.29 is 142 Å². The lowest BCUT2D eigenvalue weighted by Gasteiger charge is -2.42. The summed E-state index contributed by atoms with van der Waals surface area (Å²) in [7, 11) is 1.56. The Hall–Kier alpha value is -5.57. The van der Waals surface area contributed by atoms with Crippen LogP contribution in [0.2, 0.25) is 0 Å². The van der Waals surface area contributed by atoms with Crippen molar-refractivity contribution in [2.45, 2.75) is 246 Å². The number of carbonyl (C=O) groups is 9. The van der Waals surface area contributed by atoms with E-state index in [1.54, 1.807) is 7.11 Å². The maximum absolute atomic E-state index is 13.8. The van der Waals surface area contributed by atoms with Gasteiger partial charge in [0.25, 0.3) is 0 Å². The fourth-order valence-corrected chi connectivity index (χ4v) is 11.8. The quantitative estimate of drug-likeness (QED) is 0.0252. The standard InChI is InChI=1S/C64H113N9O29/c1-36(77)68-51-57(88)54(85)44(33-74)100-62(51)97-28-25-94-22-19-65-47(81)17-15-40(60(91)66-20-23-95-26-29-98-63-52(69-37(2)78)58(89)55(86)45(34-75)101-63)72-50(84)18-16-41(61(92)67-21-24-96-27-30-99-64-53(70-38(3)79)59(90)56(87)46(35-76)102-64)71-48(82)13-11-9-7-5-6-8-10-12-14-49(83)73-42-31-39(80)32-43(42)93-4/h39-46,51-59,62-64,74-76,80,85-90H,5-35H2,1-4H3,(H,65,81)(H,66,91)(H,67,92)(H,68,77)(H,69,78)(H,70,79)(H,71,82)(H,72,84)(H,73,83)/t39-,40?,41?,42-,43+,44?,45?,46?,51?,52?,53?,54?,55?,56?,57?,58?,59?,62?,63?,64?/m1/s1. The molecule has 3 heterocycles. The number of nitrogens with one attached hydrogen (secondary N) is 9. The van der Waals surface area contributed by atoms with E-state index in [0.717, 1.165) is 32.1 Å². The Morgan fingerprint density at radius 3 is 1.11 bits per heavy atom. The van der Waals surface area contributed by atoms with E-state index in [1.807, 2.05) is 0 Å². The number of hydrogen-bond donors (Lipinski definition) is 19. The topological polar surface area (TPSA) is 556 Å². The first-order chi connectivity index (χ1) is 48.8. The number of hydrogen-bond acceptors (Lipinski definition) is 29. The summed E-state index contributed by atoms with van der Waals surface area (Å²) in [4.78, 5) is 116. The largest absolute Gasteiger partial charge is 0.394 e. The molecule has 19 N–H and O–H groups in total. The van der Waals surface area contributed by atoms with E-state index in [0.29, 0.717) is 38.5 Å². The van der Waals surface area contributed by atoms with Crippen molar-refractivity contribution in [3.8, 4) is 0 Å². The first-order valence-electron chi connectivity index (χ1n) is 35.0. The number of rotatable bonds is 50. The molecule has 38 heteroatoms. The summed E-state index contributed by atoms with van der Waals surface area (Å²) in [5.41, 5.74) is 0. The SMILES string of the molecule is CO[C@H]1C[C@H](O)C[C@H]1NC(=O)CCCCCCCCCCC(=O)NC(CCC(=O)NC(CCC(=O)NCCOCCOC1OC(CO)C(O)C(O)C1NC(C)=O)C(=O)NCCOCCOC1OC(CO)C(O)C(O)C1NC(C)=O)C(=O)NCCOCCOC1OC(CO)C(O)C(O)C1NC(C)=O. The van der Waals surface area contributed by atoms with Crippen molar-refractivity contribution in [3.63, 3.8) is 0 Å². The number of methoxy groups -OCH3 is 1. The second kappa shape index (κ2) is 49.3. The summed E-state index contributed by atoms with van der Waals surface area (Å²) in [6, 6.07) is -6.36. The van der Waals surface area contributed by atoms with Crippen molar-refractivity contribution >= 4 is 53.2 Å². The van der Waals surface area contributed by atoms with Crippen LogP contribution in [0.25, 0.3) is 0 Å². The Kier molecular flexibility index (Phi) is 42.9. The molecule has 4 rings (SSSR count). The van der Waals surface area contributed by atoms with Gasteiger partial charge in [0.05, 0.1) is 97.5 Å². The van der Waals surface area contributed by atoms with Gasteiger partial charge in [-0.05, 0) is 32.1 Å². The number of aliphatic hydroxyl groups excluding tert-OH is 10. The normalized spacial score (nSPS) is 28.4. The molecule has 20 atom stereocenters. The third-order valence-corrected chi connectivity index (χ3v) is 17.3. The van der Waals surface area contributed by atoms with Crippen LogP contribution in [0.1, 0.15) is 124 Å². The van der Waals surface area contributed by atoms with Crippen molar-refractivity contribution in [2.24, 2.45) is 0 Å². The van der Waals surface area contributed by atoms with Gasteiger partial charge in [-0.15, -0.1) is 0 Å². The van der Waals surface area contributed by atoms with Gasteiger partial charge in [-0.1, -0.05) is 38.5 Å². The Labute approximate surface area is 592 Å². The van der Waals surface area contributed by atoms with Crippen molar-refractivity contribution in [1.82, 2.24) is 47.9 Å². The van der Waals surface area contributed by atoms with Crippen LogP contribution in [0.15, 0.2) is 0 Å². The minimum Gasteiger partial charge on any atom is -0.394 e. The van der Waals surface area contributed by atoms with Gasteiger partial charge in [0.1, 0.15) is 85.1 Å². The highest BCUT2D eigenvalue weighted by Gasteiger charge is 2.48. The molecular weight excluding hydrogens is 1360 g/mol. The third kappa shape index (κ3) is 32.4. The molecule has 0 spiro atoms. The molecule has 0 bridgehead atoms. The molecule has 4 fully saturated rings. The number of amides is 9. The molecule has 0 radical (unpaired) electrons. The highest BCUT2D eigenvalue weighted by molar-refractivity contribution is 5.90. The smallest absolute Gasteiger partial charge is 0.242 e. The minimum atomic E-state index is -1.54. The molecule has 9 amide bonds. The maximum Gasteiger partial charge on any atom is 0.242 e. The Morgan fingerprint density at radius 2 is 0.745 bits per heavy atom. The molecule has 1 aliphatic carbocycles. The summed E-state index contributed by atoms with van der Waals surface area (Å²) in [6.07, 6.45) is -10.8. The van der Waals surface area contributed by atoms with Crippen LogP contribution in [0.5, 0.6) is 0 Å². The van der Waals surface area contributed by atoms with Gasteiger partial charge in [0.15, 0.2) is 18.9 Å². The fourth-order valence-electron chi connectivity index (χ4n) is 11.8. The van der Waals surface area contributed by atoms with Gasteiger partial charge in [-0.25, -0.2) is 0 Å². The molecule has 4 aliphatic rings. The summed E-state index contributed by atoms with van der Waals surface area (Å²) in [6.45, 7) is 0.452. The predicted octanol–water partition coefficient (Wildman–Crippen LogP) is -7.65. The second-order valence-corrected chi connectivity index (χ2v) is 25.4. The van der Waals surface area contributed by atoms with Gasteiger partial charge in [0.2, 0.25) is 53.2 Å². The first kappa shape index (κ1) is 88.8. The lowest BCUT2D eigenvalue weighted by atomic mass is 9.97. The molecule has 3 saturated heterocycles. The van der Waals surface area contributed by atoms with Gasteiger partial charge in [-0.3, -0.25) is 43.2 Å². The molecule has 38 nitrogen and oxygen atoms in total. The Balaban J connectivity index is 1.33. The number of ether oxygens (including phenoxy) is 10. The van der Waals surface area contributed by atoms with Crippen LogP contribution in [-0.4, -0.2) is 333 Å². The fraction of sp³-hybridized carbons (Fsp3) is 0.859. The van der Waals surface area contributed by atoms with E-state index in [2.05, 4.69) is 47.9 Å². The number of aliphatic hydroxyl groups is 10. The van der Waals surface area contributed by atoms with E-state index in [-0.39, 0.29) is 123 Å². The second-order valence-electron chi connectivity index (χ2n) is 25.4. The average Bonchev–Trinajstić information content (AvgIpc) is 1.03. The lowest BCUT2D eigenvalue weighted by Crippen LogP contribution is -2.64. The molecule has 102 heavy (non-hydrogen) atoms. The van der Waals surface area contributed by atoms with Crippen LogP contribution >= 0.6 is 0 Å². The lowest BCUT2D eigenvalue weighted by molar-refractivity contribution is -0.272. The van der Waals surface area contributed by atoms with Crippen LogP contribution < -0.4 is 47.9 Å². The van der Waals surface area contributed by atoms with Gasteiger partial charge >= 0.3 is 0 Å². The maximum atomic E-state index is 13.8. The highest BCUT2D eigenvalue weighted by Crippen LogP contribution is 2.26. The molecule has 588 valence electrons. The summed E-state index contributed by atoms with van der Waals surface area (Å²) >= 11 is 0. The molecule has 0 aromatic rings. The molecule has 0 aromatic heterocycles. The van der Waals surface area contributed by atoms with Gasteiger partial charge < -0.3 is 146 Å². The van der Waals surface area contributed by atoms with Crippen molar-refractivity contribution in [1.29, 1.82) is 0 Å². The zero-order valence-corrected chi connectivity index (χ0v) is 58.7. The van der Waals surface area contributed by atoms with Crippen molar-refractivity contribution in [3.05, 3.63) is 0 Å². The van der Waals surface area contributed by atoms with E-state index in [9.17, 15) is 94.2 Å². The van der Waals surface area contributed by atoms with Crippen LogP contribution in [0.4, 0.5) is 0 Å². The molecule has 3 aliphatic heterocycles. The predicted molar refractivity (Wildman–Crippen MR) is 352 cm³/mol. The van der Waals surface area contributed by atoms with Crippen LogP contribution in [0.3, 0.4) is 0 Å². The summed E-state index contributed by atoms with van der Waals surface area (Å²) in [5.74, 6) is -4.87. The third-order valence-electron chi connectivity index (χ3n) is 17.3. The number of unbranched alkanes of at least 4 members (excludes halogenated alkanes) is 7. The first-order valence-corrected chi connectivity index (χ1v) is 35.0. The van der Waals surface area contributed by atoms with Gasteiger partial charge in [0, 0.05) is 79.6 Å². The molecular formula is C64H113N9O29.